The number of nitrogens with zero attached hydrogens (tertiary/aromatic N) is 2. The van der Waals surface area contributed by atoms with Crippen molar-refractivity contribution in [2.45, 2.75) is 53.0 Å². The van der Waals surface area contributed by atoms with Crippen molar-refractivity contribution in [2.24, 2.45) is 5.92 Å². The number of aryl methyl sites for hydroxylation is 2. The van der Waals surface area contributed by atoms with Crippen molar-refractivity contribution in [3.8, 4) is 0 Å². The number of halogens is 1. The predicted molar refractivity (Wildman–Crippen MR) is 65.3 cm³/mol. The summed E-state index contributed by atoms with van der Waals surface area (Å²) in [6.45, 7) is 9.66. The van der Waals surface area contributed by atoms with E-state index in [1.54, 1.807) is 0 Å². The molecule has 15 heavy (non-hydrogen) atoms. The third-order valence-corrected chi connectivity index (χ3v) is 3.08. The summed E-state index contributed by atoms with van der Waals surface area (Å²) < 4.78 is 2.09. The van der Waals surface area contributed by atoms with Gasteiger partial charge in [0.15, 0.2) is 0 Å². The van der Waals surface area contributed by atoms with Crippen molar-refractivity contribution in [1.29, 1.82) is 0 Å². The van der Waals surface area contributed by atoms with E-state index in [0.29, 0.717) is 5.88 Å². The van der Waals surface area contributed by atoms with E-state index < -0.39 is 0 Å². The average molecular weight is 229 g/mol. The molecule has 0 aliphatic heterocycles. The van der Waals surface area contributed by atoms with E-state index in [4.69, 9.17) is 11.6 Å². The summed E-state index contributed by atoms with van der Waals surface area (Å²) in [6, 6.07) is 0. The van der Waals surface area contributed by atoms with Crippen LogP contribution in [-0.4, -0.2) is 9.78 Å². The fourth-order valence-electron chi connectivity index (χ4n) is 1.79. The first-order valence-corrected chi connectivity index (χ1v) is 6.18. The third kappa shape index (κ3) is 3.23. The zero-order valence-electron chi connectivity index (χ0n) is 10.2. The van der Waals surface area contributed by atoms with Crippen LogP contribution in [0, 0.1) is 19.8 Å². The molecule has 1 heterocycles. The van der Waals surface area contributed by atoms with Gasteiger partial charge in [-0.25, -0.2) is 0 Å². The van der Waals surface area contributed by atoms with Gasteiger partial charge >= 0.3 is 0 Å². The number of alkyl halides is 1. The fourth-order valence-corrected chi connectivity index (χ4v) is 2.18. The molecule has 0 aliphatic rings. The second-order valence-electron chi connectivity index (χ2n) is 4.54. The van der Waals surface area contributed by atoms with Gasteiger partial charge in [0.25, 0.3) is 0 Å². The topological polar surface area (TPSA) is 17.8 Å². The molecule has 1 aromatic rings. The van der Waals surface area contributed by atoms with Crippen LogP contribution in [0.4, 0.5) is 0 Å². The van der Waals surface area contributed by atoms with Crippen LogP contribution in [0.2, 0.25) is 0 Å². The van der Waals surface area contributed by atoms with Gasteiger partial charge in [0.05, 0.1) is 11.6 Å². The molecule has 86 valence electrons. The molecule has 3 heteroatoms. The van der Waals surface area contributed by atoms with Gasteiger partial charge in [0.2, 0.25) is 0 Å². The average Bonchev–Trinajstić information content (AvgIpc) is 2.41. The minimum atomic E-state index is 0.571. The molecule has 1 rings (SSSR count). The molecule has 0 amide bonds. The summed E-state index contributed by atoms with van der Waals surface area (Å²) in [6.07, 6.45) is 2.45. The van der Waals surface area contributed by atoms with Gasteiger partial charge in [-0.2, -0.15) is 5.10 Å². The number of hydrogen-bond donors (Lipinski definition) is 0. The summed E-state index contributed by atoms with van der Waals surface area (Å²) in [5.41, 5.74) is 3.50. The molecule has 2 nitrogen and oxygen atoms in total. The lowest BCUT2D eigenvalue weighted by atomic mass is 10.1. The molecule has 0 radical (unpaired) electrons. The maximum atomic E-state index is 5.88. The maximum absolute atomic E-state index is 5.88. The fraction of sp³-hybridized carbons (Fsp3) is 0.750. The predicted octanol–water partition coefficient (Wildman–Crippen LogP) is 3.67. The van der Waals surface area contributed by atoms with Crippen molar-refractivity contribution in [1.82, 2.24) is 9.78 Å². The highest BCUT2D eigenvalue weighted by molar-refractivity contribution is 6.17. The Kier molecular flexibility index (Phi) is 4.65. The molecule has 0 fully saturated rings. The van der Waals surface area contributed by atoms with Crippen LogP contribution in [0.3, 0.4) is 0 Å². The normalized spacial score (nSPS) is 11.3. The Hall–Kier alpha value is -0.500. The van der Waals surface area contributed by atoms with Crippen molar-refractivity contribution in [3.05, 3.63) is 17.0 Å². The first-order chi connectivity index (χ1) is 7.06. The molecular formula is C12H21ClN2. The van der Waals surface area contributed by atoms with Crippen LogP contribution >= 0.6 is 11.6 Å². The Balaban J connectivity index is 2.62. The van der Waals surface area contributed by atoms with E-state index >= 15 is 0 Å². The van der Waals surface area contributed by atoms with Crippen molar-refractivity contribution < 1.29 is 0 Å². The maximum Gasteiger partial charge on any atom is 0.0640 e. The summed E-state index contributed by atoms with van der Waals surface area (Å²) in [5.74, 6) is 1.34. The molecule has 0 N–H and O–H groups in total. The van der Waals surface area contributed by atoms with E-state index in [9.17, 15) is 0 Å². The van der Waals surface area contributed by atoms with Gasteiger partial charge < -0.3 is 0 Å². The molecule has 0 saturated carbocycles. The second kappa shape index (κ2) is 5.55. The first-order valence-electron chi connectivity index (χ1n) is 5.65. The van der Waals surface area contributed by atoms with E-state index in [-0.39, 0.29) is 0 Å². The highest BCUT2D eigenvalue weighted by Crippen LogP contribution is 2.16. The van der Waals surface area contributed by atoms with Crippen molar-refractivity contribution in [2.75, 3.05) is 0 Å². The Morgan fingerprint density at radius 3 is 2.47 bits per heavy atom. The second-order valence-corrected chi connectivity index (χ2v) is 4.81. The van der Waals surface area contributed by atoms with Gasteiger partial charge in [0.1, 0.15) is 0 Å². The van der Waals surface area contributed by atoms with E-state index in [1.807, 2.05) is 6.92 Å². The van der Waals surface area contributed by atoms with Crippen LogP contribution in [-0.2, 0) is 12.4 Å². The van der Waals surface area contributed by atoms with Crippen LogP contribution in [0.25, 0.3) is 0 Å². The van der Waals surface area contributed by atoms with Gasteiger partial charge in [-0.1, -0.05) is 13.8 Å². The first kappa shape index (κ1) is 12.6. The molecule has 0 bridgehead atoms. The Labute approximate surface area is 97.6 Å². The van der Waals surface area contributed by atoms with Crippen molar-refractivity contribution in [3.63, 3.8) is 0 Å². The molecule has 0 spiro atoms. The summed E-state index contributed by atoms with van der Waals surface area (Å²) in [7, 11) is 0. The van der Waals surface area contributed by atoms with Crippen molar-refractivity contribution >= 4 is 11.6 Å². The quantitative estimate of drug-likeness (QED) is 0.704. The molecule has 0 atom stereocenters. The minimum absolute atomic E-state index is 0.571. The lowest BCUT2D eigenvalue weighted by Crippen LogP contribution is -2.04. The SMILES string of the molecule is Cc1nn(CCCC(C)C)c(C)c1CCl. The molecule has 1 aromatic heterocycles. The summed E-state index contributed by atoms with van der Waals surface area (Å²) >= 11 is 5.88. The summed E-state index contributed by atoms with van der Waals surface area (Å²) in [4.78, 5) is 0. The van der Waals surface area contributed by atoms with Gasteiger partial charge in [-0.05, 0) is 32.6 Å². The Morgan fingerprint density at radius 1 is 1.33 bits per heavy atom. The minimum Gasteiger partial charge on any atom is -0.269 e. The van der Waals surface area contributed by atoms with E-state index in [2.05, 4.69) is 30.6 Å². The van der Waals surface area contributed by atoms with Crippen LogP contribution in [0.5, 0.6) is 0 Å². The van der Waals surface area contributed by atoms with E-state index in [1.165, 1.54) is 24.1 Å². The van der Waals surface area contributed by atoms with Crippen LogP contribution in [0.15, 0.2) is 0 Å². The zero-order valence-corrected chi connectivity index (χ0v) is 10.9. The zero-order chi connectivity index (χ0) is 11.4. The highest BCUT2D eigenvalue weighted by atomic mass is 35.5. The lowest BCUT2D eigenvalue weighted by Gasteiger charge is -2.06. The van der Waals surface area contributed by atoms with Gasteiger partial charge in [-0.3, -0.25) is 4.68 Å². The standard InChI is InChI=1S/C12H21ClN2/c1-9(2)6-5-7-15-11(4)12(8-13)10(3)14-15/h9H,5-8H2,1-4H3. The van der Waals surface area contributed by atoms with Gasteiger partial charge in [0, 0.05) is 17.8 Å². The molecule has 0 unspecified atom stereocenters. The lowest BCUT2D eigenvalue weighted by molar-refractivity contribution is 0.483. The molecule has 0 saturated heterocycles. The largest absolute Gasteiger partial charge is 0.269 e. The molecule has 0 aliphatic carbocycles. The van der Waals surface area contributed by atoms with E-state index in [0.717, 1.165) is 18.2 Å². The molecular weight excluding hydrogens is 208 g/mol. The number of rotatable bonds is 5. The van der Waals surface area contributed by atoms with Gasteiger partial charge in [-0.15, -0.1) is 11.6 Å². The monoisotopic (exact) mass is 228 g/mol. The highest BCUT2D eigenvalue weighted by Gasteiger charge is 2.09. The third-order valence-electron chi connectivity index (χ3n) is 2.82. The number of aromatic nitrogens is 2. The molecule has 0 aromatic carbocycles. The summed E-state index contributed by atoms with van der Waals surface area (Å²) in [5, 5.41) is 4.51. The van der Waals surface area contributed by atoms with Crippen LogP contribution in [0.1, 0.15) is 43.6 Å². The number of hydrogen-bond acceptors (Lipinski definition) is 1. The smallest absolute Gasteiger partial charge is 0.0640 e. The Morgan fingerprint density at radius 2 is 2.00 bits per heavy atom. The Bertz CT molecular complexity index is 316. The van der Waals surface area contributed by atoms with Crippen LogP contribution < -0.4 is 0 Å².